The van der Waals surface area contributed by atoms with Gasteiger partial charge in [0.1, 0.15) is 11.5 Å². The van der Waals surface area contributed by atoms with Crippen LogP contribution in [0.1, 0.15) is 12.0 Å². The predicted molar refractivity (Wildman–Crippen MR) is 106 cm³/mol. The number of hydrogen-bond donors (Lipinski definition) is 2. The molecule has 1 aromatic heterocycles. The van der Waals surface area contributed by atoms with Crippen molar-refractivity contribution in [3.8, 4) is 11.5 Å². The summed E-state index contributed by atoms with van der Waals surface area (Å²) in [6.07, 6.45) is 0.766. The van der Waals surface area contributed by atoms with E-state index in [2.05, 4.69) is 0 Å². The Hall–Kier alpha value is -2.01. The summed E-state index contributed by atoms with van der Waals surface area (Å²) < 4.78 is 36.2. The lowest BCUT2D eigenvalue weighted by Crippen LogP contribution is -2.43. The van der Waals surface area contributed by atoms with Crippen LogP contribution in [0.2, 0.25) is 4.34 Å². The Bertz CT molecular complexity index is 955. The summed E-state index contributed by atoms with van der Waals surface area (Å²) >= 11 is 6.74. The maximum Gasteiger partial charge on any atom is 0.348 e. The van der Waals surface area contributed by atoms with Crippen molar-refractivity contribution >= 4 is 39.0 Å². The molecular formula is C17H20ClN3O5S2. The standard InChI is InChI=1S/C17H20ClN3O5S2/c1-11-6-13(24-9-12-4-5-21(17(19)20)25-10-12)8-14(7-11)26-28(22,23)16-3-2-15(18)27-16/h2-3,6-8,12H,4-5,9-10H2,1H3,(H3,19,20). The molecule has 0 spiro atoms. The highest BCUT2D eigenvalue weighted by atomic mass is 35.5. The Balaban J connectivity index is 1.63. The average molecular weight is 446 g/mol. The zero-order valence-electron chi connectivity index (χ0n) is 15.1. The van der Waals surface area contributed by atoms with Crippen LogP contribution in [0, 0.1) is 18.3 Å². The zero-order valence-corrected chi connectivity index (χ0v) is 17.4. The summed E-state index contributed by atoms with van der Waals surface area (Å²) in [5.74, 6) is 0.691. The molecule has 1 saturated heterocycles. The van der Waals surface area contributed by atoms with Crippen LogP contribution < -0.4 is 14.7 Å². The van der Waals surface area contributed by atoms with Crippen LogP contribution in [0.15, 0.2) is 34.5 Å². The molecule has 2 aromatic rings. The zero-order chi connectivity index (χ0) is 20.3. The quantitative estimate of drug-likeness (QED) is 0.399. The fraction of sp³-hybridized carbons (Fsp3) is 0.353. The Kier molecular flexibility index (Phi) is 6.33. The Morgan fingerprint density at radius 2 is 2.14 bits per heavy atom. The van der Waals surface area contributed by atoms with Gasteiger partial charge in [-0.3, -0.25) is 10.2 Å². The number of nitrogens with two attached hydrogens (primary N) is 1. The third-order valence-corrected chi connectivity index (χ3v) is 6.92. The monoisotopic (exact) mass is 445 g/mol. The number of nitrogens with one attached hydrogen (secondary N) is 1. The number of benzene rings is 1. The second-order valence-electron chi connectivity index (χ2n) is 6.33. The second-order valence-corrected chi connectivity index (χ2v) is 9.81. The van der Waals surface area contributed by atoms with Crippen molar-refractivity contribution in [2.75, 3.05) is 19.8 Å². The van der Waals surface area contributed by atoms with E-state index in [1.54, 1.807) is 12.1 Å². The van der Waals surface area contributed by atoms with Gasteiger partial charge in [-0.2, -0.15) is 8.42 Å². The molecule has 28 heavy (non-hydrogen) atoms. The minimum atomic E-state index is -3.95. The van der Waals surface area contributed by atoms with E-state index < -0.39 is 10.1 Å². The lowest BCUT2D eigenvalue weighted by molar-refractivity contribution is -0.149. The van der Waals surface area contributed by atoms with Gasteiger partial charge < -0.3 is 14.7 Å². The molecule has 0 bridgehead atoms. The van der Waals surface area contributed by atoms with Gasteiger partial charge in [-0.05, 0) is 43.2 Å². The van der Waals surface area contributed by atoms with Gasteiger partial charge in [-0.25, -0.2) is 5.06 Å². The average Bonchev–Trinajstić information content (AvgIpc) is 3.07. The van der Waals surface area contributed by atoms with Crippen molar-refractivity contribution < 1.29 is 22.2 Å². The molecule has 1 aliphatic rings. The van der Waals surface area contributed by atoms with Crippen LogP contribution in [0.5, 0.6) is 11.5 Å². The summed E-state index contributed by atoms with van der Waals surface area (Å²) in [4.78, 5) is 5.39. The summed E-state index contributed by atoms with van der Waals surface area (Å²) in [5, 5.41) is 8.70. The highest BCUT2D eigenvalue weighted by molar-refractivity contribution is 7.89. The normalized spacial score (nSPS) is 17.4. The molecule has 11 heteroatoms. The number of thiophene rings is 1. The van der Waals surface area contributed by atoms with Crippen LogP contribution in [0.4, 0.5) is 0 Å². The van der Waals surface area contributed by atoms with Gasteiger partial charge in [0, 0.05) is 18.5 Å². The van der Waals surface area contributed by atoms with E-state index in [1.807, 2.05) is 6.92 Å². The summed E-state index contributed by atoms with van der Waals surface area (Å²) in [5.41, 5.74) is 6.19. The predicted octanol–water partition coefficient (Wildman–Crippen LogP) is 3.00. The molecule has 0 aliphatic carbocycles. The molecule has 1 aromatic carbocycles. The number of hydrogen-bond acceptors (Lipinski definition) is 7. The van der Waals surface area contributed by atoms with Crippen molar-refractivity contribution in [2.24, 2.45) is 11.7 Å². The fourth-order valence-corrected chi connectivity index (χ4v) is 4.98. The number of nitrogens with zero attached hydrogens (tertiary/aromatic N) is 1. The van der Waals surface area contributed by atoms with E-state index in [-0.39, 0.29) is 21.8 Å². The van der Waals surface area contributed by atoms with E-state index in [1.165, 1.54) is 23.3 Å². The molecule has 2 heterocycles. The first-order valence-electron chi connectivity index (χ1n) is 8.42. The van der Waals surface area contributed by atoms with E-state index >= 15 is 0 Å². The second kappa shape index (κ2) is 8.56. The minimum absolute atomic E-state index is 0.0378. The molecule has 3 N–H and O–H groups in total. The Labute approximate surface area is 172 Å². The summed E-state index contributed by atoms with van der Waals surface area (Å²) in [7, 11) is -3.95. The van der Waals surface area contributed by atoms with Crippen molar-refractivity contribution in [3.05, 3.63) is 40.2 Å². The maximum atomic E-state index is 12.4. The van der Waals surface area contributed by atoms with Crippen LogP contribution in [0.25, 0.3) is 0 Å². The van der Waals surface area contributed by atoms with Crippen LogP contribution in [0.3, 0.4) is 0 Å². The number of hydroxylamine groups is 2. The number of ether oxygens (including phenoxy) is 1. The van der Waals surface area contributed by atoms with Crippen LogP contribution in [-0.4, -0.2) is 39.2 Å². The van der Waals surface area contributed by atoms with Gasteiger partial charge in [-0.1, -0.05) is 11.6 Å². The maximum absolute atomic E-state index is 12.4. The summed E-state index contributed by atoms with van der Waals surface area (Å²) in [6.45, 7) is 3.13. The molecule has 1 fully saturated rings. The molecule has 1 aliphatic heterocycles. The van der Waals surface area contributed by atoms with E-state index in [0.717, 1.165) is 23.3 Å². The molecule has 0 saturated carbocycles. The number of aryl methyl sites for hydroxylation is 1. The van der Waals surface area contributed by atoms with Gasteiger partial charge in [0.25, 0.3) is 0 Å². The molecule has 8 nitrogen and oxygen atoms in total. The van der Waals surface area contributed by atoms with Crippen LogP contribution in [-0.2, 0) is 15.0 Å². The third-order valence-electron chi connectivity index (χ3n) is 3.99. The molecule has 3 rings (SSSR count). The molecule has 1 atom stereocenters. The Morgan fingerprint density at radius 1 is 1.39 bits per heavy atom. The lowest BCUT2D eigenvalue weighted by atomic mass is 10.1. The first-order chi connectivity index (χ1) is 13.2. The number of guanidine groups is 1. The molecule has 0 radical (unpaired) electrons. The van der Waals surface area contributed by atoms with Gasteiger partial charge in [0.2, 0.25) is 5.96 Å². The van der Waals surface area contributed by atoms with Crippen molar-refractivity contribution in [3.63, 3.8) is 0 Å². The van der Waals surface area contributed by atoms with Crippen molar-refractivity contribution in [2.45, 2.75) is 17.6 Å². The number of halogens is 1. The van der Waals surface area contributed by atoms with E-state index in [4.69, 9.17) is 36.5 Å². The Morgan fingerprint density at radius 3 is 2.75 bits per heavy atom. The molecule has 152 valence electrons. The highest BCUT2D eigenvalue weighted by Gasteiger charge is 2.22. The highest BCUT2D eigenvalue weighted by Crippen LogP contribution is 2.30. The van der Waals surface area contributed by atoms with Gasteiger partial charge in [0.15, 0.2) is 4.21 Å². The lowest BCUT2D eigenvalue weighted by Gasteiger charge is -2.31. The van der Waals surface area contributed by atoms with E-state index in [0.29, 0.717) is 29.8 Å². The van der Waals surface area contributed by atoms with Gasteiger partial charge in [0.05, 0.1) is 17.6 Å². The van der Waals surface area contributed by atoms with Gasteiger partial charge >= 0.3 is 10.1 Å². The topological polar surface area (TPSA) is 115 Å². The molecule has 1 unspecified atom stereocenters. The first kappa shape index (κ1) is 20.7. The smallest absolute Gasteiger partial charge is 0.348 e. The van der Waals surface area contributed by atoms with Gasteiger partial charge in [-0.15, -0.1) is 11.3 Å². The number of rotatable bonds is 6. The van der Waals surface area contributed by atoms with Crippen molar-refractivity contribution in [1.29, 1.82) is 5.41 Å². The fourth-order valence-electron chi connectivity index (χ4n) is 2.62. The van der Waals surface area contributed by atoms with Crippen molar-refractivity contribution in [1.82, 2.24) is 5.06 Å². The largest absolute Gasteiger partial charge is 0.493 e. The van der Waals surface area contributed by atoms with E-state index in [9.17, 15) is 8.42 Å². The van der Waals surface area contributed by atoms with Crippen LogP contribution >= 0.6 is 22.9 Å². The third kappa shape index (κ3) is 5.28. The first-order valence-corrected chi connectivity index (χ1v) is 11.0. The summed E-state index contributed by atoms with van der Waals surface area (Å²) in [6, 6.07) is 7.86. The SMILES string of the molecule is Cc1cc(OCC2CCN(C(=N)N)OC2)cc(OS(=O)(=O)c2ccc(Cl)s2)c1. The molecular weight excluding hydrogens is 426 g/mol. The molecule has 0 amide bonds. The minimum Gasteiger partial charge on any atom is -0.493 e.